The van der Waals surface area contributed by atoms with Gasteiger partial charge in [0.1, 0.15) is 0 Å². The van der Waals surface area contributed by atoms with Crippen molar-refractivity contribution < 1.29 is 123 Å². The van der Waals surface area contributed by atoms with Gasteiger partial charge in [-0.3, -0.25) is 0 Å². The number of piperidine rings is 2. The zero-order valence-electron chi connectivity index (χ0n) is 13.9. The van der Waals surface area contributed by atoms with Crippen LogP contribution in [0.25, 0.3) is 0 Å². The third-order valence-electron chi connectivity index (χ3n) is 3.71. The van der Waals surface area contributed by atoms with E-state index in [2.05, 4.69) is 10.6 Å². The molecule has 2 saturated heterocycles. The Kier molecular flexibility index (Phi) is 19.9. The van der Waals surface area contributed by atoms with E-state index < -0.39 is 11.9 Å². The third-order valence-corrected chi connectivity index (χ3v) is 3.71. The monoisotopic (exact) mass is 362 g/mol. The third kappa shape index (κ3) is 14.5. The summed E-state index contributed by atoms with van der Waals surface area (Å²) in [5.74, 6) is -1.24. The first-order chi connectivity index (χ1) is 9.58. The second-order valence-electron chi connectivity index (χ2n) is 5.58. The fourth-order valence-electron chi connectivity index (χ4n) is 2.67. The van der Waals surface area contributed by atoms with Crippen LogP contribution in [0.1, 0.15) is 38.5 Å². The van der Waals surface area contributed by atoms with Gasteiger partial charge in [0.05, 0.1) is 0 Å². The van der Waals surface area contributed by atoms with E-state index >= 15 is 0 Å². The van der Waals surface area contributed by atoms with Crippen LogP contribution >= 0.6 is 0 Å². The molecule has 2 heterocycles. The maximum atomic E-state index is 10.1. The molecule has 0 aromatic rings. The Morgan fingerprint density at radius 3 is 1.41 bits per heavy atom. The van der Waals surface area contributed by atoms with Crippen LogP contribution in [-0.4, -0.2) is 38.1 Å². The molecular weight excluding hydrogens is 338 g/mol. The van der Waals surface area contributed by atoms with Crippen LogP contribution in [0, 0.1) is 11.8 Å². The Morgan fingerprint density at radius 1 is 0.818 bits per heavy atom. The average molecular weight is 363 g/mol. The minimum Gasteiger partial charge on any atom is -0.550 e. The van der Waals surface area contributed by atoms with Crippen molar-refractivity contribution in [3.63, 3.8) is 0 Å². The predicted octanol–water partition coefficient (Wildman–Crippen LogP) is -7.74. The van der Waals surface area contributed by atoms with Gasteiger partial charge in [0.2, 0.25) is 0 Å². The molecular formula is C14H24K2N2O4. The van der Waals surface area contributed by atoms with Crippen molar-refractivity contribution >= 4 is 11.9 Å². The molecule has 2 atom stereocenters. The summed E-state index contributed by atoms with van der Waals surface area (Å²) >= 11 is 0. The van der Waals surface area contributed by atoms with Gasteiger partial charge in [-0.1, -0.05) is 0 Å². The summed E-state index contributed by atoms with van der Waals surface area (Å²) in [6.45, 7) is 3.75. The number of carboxylic acids is 2. The summed E-state index contributed by atoms with van der Waals surface area (Å²) in [7, 11) is 0. The van der Waals surface area contributed by atoms with Crippen molar-refractivity contribution in [1.82, 2.24) is 10.6 Å². The molecule has 2 unspecified atom stereocenters. The van der Waals surface area contributed by atoms with E-state index in [-0.39, 0.29) is 116 Å². The number of carbonyl (C=O) groups excluding carboxylic acids is 2. The smallest absolute Gasteiger partial charge is 0.550 e. The molecule has 116 valence electrons. The standard InChI is InChI=1S/2C7H13NO2.2K/c2*9-7(10)4-6-2-1-3-8-5-6;;/h2*6,8H,1-5H2,(H,9,10);;/q;;2*+1/p-2. The predicted molar refractivity (Wildman–Crippen MR) is 70.4 cm³/mol. The van der Waals surface area contributed by atoms with Gasteiger partial charge in [-0.2, -0.15) is 0 Å². The summed E-state index contributed by atoms with van der Waals surface area (Å²) in [4.78, 5) is 20.3. The van der Waals surface area contributed by atoms with E-state index in [9.17, 15) is 19.8 Å². The van der Waals surface area contributed by atoms with E-state index in [0.29, 0.717) is 11.8 Å². The first-order valence-corrected chi connectivity index (χ1v) is 7.39. The van der Waals surface area contributed by atoms with E-state index in [1.165, 1.54) is 0 Å². The molecule has 2 rings (SSSR count). The van der Waals surface area contributed by atoms with Crippen molar-refractivity contribution in [3.8, 4) is 0 Å². The van der Waals surface area contributed by atoms with Gasteiger partial charge >= 0.3 is 103 Å². The number of carbonyl (C=O) groups is 2. The molecule has 0 saturated carbocycles. The van der Waals surface area contributed by atoms with E-state index in [1.54, 1.807) is 0 Å². The molecule has 6 nitrogen and oxygen atoms in total. The maximum absolute atomic E-state index is 10.1. The molecule has 0 radical (unpaired) electrons. The van der Waals surface area contributed by atoms with E-state index in [1.807, 2.05) is 0 Å². The SMILES string of the molecule is O=C([O-])CC1CCCNC1.O=C([O-])CC1CCCNC1.[K+].[K+]. The quantitative estimate of drug-likeness (QED) is 0.482. The number of carboxylic acid groups (broad SMARTS) is 2. The maximum Gasteiger partial charge on any atom is 1.00 e. The molecule has 0 spiro atoms. The van der Waals surface area contributed by atoms with Crippen LogP contribution < -0.4 is 124 Å². The van der Waals surface area contributed by atoms with Gasteiger partial charge in [-0.15, -0.1) is 0 Å². The van der Waals surface area contributed by atoms with Crippen LogP contribution in [0.5, 0.6) is 0 Å². The Morgan fingerprint density at radius 2 is 1.18 bits per heavy atom. The Balaban J connectivity index is 0. The Labute approximate surface area is 217 Å². The molecule has 2 aliphatic heterocycles. The number of rotatable bonds is 4. The molecule has 2 aliphatic rings. The molecule has 2 N–H and O–H groups in total. The molecule has 2 fully saturated rings. The van der Waals surface area contributed by atoms with Crippen LogP contribution in [0.4, 0.5) is 0 Å². The van der Waals surface area contributed by atoms with Crippen LogP contribution in [0.3, 0.4) is 0 Å². The summed E-state index contributed by atoms with van der Waals surface area (Å²) in [5.41, 5.74) is 0. The largest absolute Gasteiger partial charge is 1.00 e. The molecule has 0 aromatic heterocycles. The fourth-order valence-corrected chi connectivity index (χ4v) is 2.67. The molecule has 0 amide bonds. The van der Waals surface area contributed by atoms with Crippen LogP contribution in [0.15, 0.2) is 0 Å². The minimum atomic E-state index is -0.922. The number of aliphatic carboxylic acids is 2. The normalized spacial score (nSPS) is 23.8. The summed E-state index contributed by atoms with van der Waals surface area (Å²) in [5, 5.41) is 26.6. The zero-order chi connectivity index (χ0) is 14.8. The number of nitrogens with one attached hydrogen (secondary N) is 2. The van der Waals surface area contributed by atoms with E-state index in [4.69, 9.17) is 0 Å². The van der Waals surface area contributed by atoms with Gasteiger partial charge in [0, 0.05) is 11.9 Å². The van der Waals surface area contributed by atoms with E-state index in [0.717, 1.165) is 51.9 Å². The van der Waals surface area contributed by atoms with Crippen LogP contribution in [0.2, 0.25) is 0 Å². The molecule has 0 aromatic carbocycles. The second kappa shape index (κ2) is 16.6. The Hall–Kier alpha value is 2.13. The molecule has 0 bridgehead atoms. The van der Waals surface area contributed by atoms with Crippen molar-refractivity contribution in [1.29, 1.82) is 0 Å². The van der Waals surface area contributed by atoms with Crippen molar-refractivity contribution in [2.45, 2.75) is 38.5 Å². The summed E-state index contributed by atoms with van der Waals surface area (Å²) in [6.07, 6.45) is 4.68. The minimum absolute atomic E-state index is 0. The molecule has 0 aliphatic carbocycles. The van der Waals surface area contributed by atoms with Gasteiger partial charge in [-0.25, -0.2) is 0 Å². The average Bonchev–Trinajstić information content (AvgIpc) is 2.40. The van der Waals surface area contributed by atoms with Crippen molar-refractivity contribution in [2.24, 2.45) is 11.8 Å². The van der Waals surface area contributed by atoms with Gasteiger partial charge in [0.25, 0.3) is 0 Å². The van der Waals surface area contributed by atoms with Gasteiger partial charge < -0.3 is 30.4 Å². The van der Waals surface area contributed by atoms with Gasteiger partial charge in [-0.05, 0) is 76.5 Å². The first kappa shape index (κ1) is 26.4. The summed E-state index contributed by atoms with van der Waals surface area (Å²) < 4.78 is 0. The zero-order valence-corrected chi connectivity index (χ0v) is 20.1. The fraction of sp³-hybridized carbons (Fsp3) is 0.857. The molecule has 22 heavy (non-hydrogen) atoms. The molecule has 8 heteroatoms. The van der Waals surface area contributed by atoms with Crippen LogP contribution in [-0.2, 0) is 9.59 Å². The number of hydrogen-bond acceptors (Lipinski definition) is 6. The number of hydrogen-bond donors (Lipinski definition) is 2. The topological polar surface area (TPSA) is 104 Å². The first-order valence-electron chi connectivity index (χ1n) is 7.39. The summed E-state index contributed by atoms with van der Waals surface area (Å²) in [6, 6.07) is 0. The van der Waals surface area contributed by atoms with Crippen molar-refractivity contribution in [2.75, 3.05) is 26.2 Å². The van der Waals surface area contributed by atoms with Crippen molar-refractivity contribution in [3.05, 3.63) is 0 Å². The Bertz CT molecular complexity index is 277. The van der Waals surface area contributed by atoms with Gasteiger partial charge in [0.15, 0.2) is 0 Å². The second-order valence-corrected chi connectivity index (χ2v) is 5.58.